The highest BCUT2D eigenvalue weighted by Crippen LogP contribution is 2.36. The lowest BCUT2D eigenvalue weighted by molar-refractivity contribution is -0.128. The second-order valence-corrected chi connectivity index (χ2v) is 9.52. The highest BCUT2D eigenvalue weighted by atomic mass is 16.5. The highest BCUT2D eigenvalue weighted by Gasteiger charge is 2.35. The van der Waals surface area contributed by atoms with Crippen LogP contribution in [0.3, 0.4) is 0 Å². The van der Waals surface area contributed by atoms with Crippen LogP contribution in [0.25, 0.3) is 5.76 Å². The summed E-state index contributed by atoms with van der Waals surface area (Å²) >= 11 is 0. The molecule has 0 saturated carbocycles. The second-order valence-electron chi connectivity index (χ2n) is 9.52. The van der Waals surface area contributed by atoms with Crippen LogP contribution in [-0.4, -0.2) is 38.0 Å². The summed E-state index contributed by atoms with van der Waals surface area (Å²) in [4.78, 5) is 17.8. The number of nitrogens with one attached hydrogen (secondary N) is 1. The van der Waals surface area contributed by atoms with E-state index in [0.717, 1.165) is 49.2 Å². The van der Waals surface area contributed by atoms with Crippen LogP contribution in [-0.2, 0) is 9.53 Å². The maximum Gasteiger partial charge on any atom is 0.273 e. The van der Waals surface area contributed by atoms with Gasteiger partial charge < -0.3 is 19.9 Å². The lowest BCUT2D eigenvalue weighted by Gasteiger charge is -2.33. The van der Waals surface area contributed by atoms with Crippen molar-refractivity contribution in [2.24, 2.45) is 5.92 Å². The smallest absolute Gasteiger partial charge is 0.273 e. The Morgan fingerprint density at radius 2 is 1.71 bits per heavy atom. The van der Waals surface area contributed by atoms with E-state index in [1.54, 1.807) is 0 Å². The SMILES string of the molecule is CN(C)c1ccc(C2=C(C(=O)N3CCC(C4=CC=CC=CC4)CC3)NC(c3ccccc3)O2)cc1. The molecule has 2 aromatic carbocycles. The van der Waals surface area contributed by atoms with E-state index < -0.39 is 0 Å². The number of amides is 1. The molecule has 1 atom stereocenters. The fourth-order valence-electron chi connectivity index (χ4n) is 4.97. The third-order valence-corrected chi connectivity index (χ3v) is 7.03. The molecular weight excluding hydrogens is 434 g/mol. The summed E-state index contributed by atoms with van der Waals surface area (Å²) in [5, 5.41) is 3.40. The molecule has 1 saturated heterocycles. The Kier molecular flexibility index (Phi) is 6.75. The molecule has 2 heterocycles. The number of benzene rings is 2. The van der Waals surface area contributed by atoms with Gasteiger partial charge in [-0.2, -0.15) is 0 Å². The summed E-state index contributed by atoms with van der Waals surface area (Å²) in [5.74, 6) is 1.17. The molecule has 5 heteroatoms. The van der Waals surface area contributed by atoms with Crippen molar-refractivity contribution in [3.63, 3.8) is 0 Å². The summed E-state index contributed by atoms with van der Waals surface area (Å²) in [6.07, 6.45) is 13.4. The maximum atomic E-state index is 13.8. The molecule has 3 aliphatic rings. The number of ether oxygens (including phenoxy) is 1. The maximum absolute atomic E-state index is 13.8. The van der Waals surface area contributed by atoms with Gasteiger partial charge in [0.1, 0.15) is 5.70 Å². The molecule has 2 aromatic rings. The number of likely N-dealkylation sites (tertiary alicyclic amines) is 1. The van der Waals surface area contributed by atoms with Crippen molar-refractivity contribution >= 4 is 17.4 Å². The van der Waals surface area contributed by atoms with Gasteiger partial charge in [0.15, 0.2) is 12.0 Å². The van der Waals surface area contributed by atoms with E-state index in [0.29, 0.717) is 17.4 Å². The Labute approximate surface area is 208 Å². The molecule has 180 valence electrons. The summed E-state index contributed by atoms with van der Waals surface area (Å²) in [7, 11) is 4.03. The van der Waals surface area contributed by atoms with E-state index in [1.807, 2.05) is 61.5 Å². The van der Waals surface area contributed by atoms with Crippen LogP contribution in [0.1, 0.15) is 36.6 Å². The fraction of sp³-hybridized carbons (Fsp3) is 0.300. The lowest BCUT2D eigenvalue weighted by atomic mass is 9.87. The zero-order valence-electron chi connectivity index (χ0n) is 20.5. The normalized spacial score (nSPS) is 20.2. The number of allylic oxidation sites excluding steroid dienone is 6. The zero-order valence-corrected chi connectivity index (χ0v) is 20.5. The molecule has 35 heavy (non-hydrogen) atoms. The first-order valence-corrected chi connectivity index (χ1v) is 12.4. The van der Waals surface area contributed by atoms with Crippen molar-refractivity contribution in [1.82, 2.24) is 10.2 Å². The van der Waals surface area contributed by atoms with Crippen molar-refractivity contribution in [2.75, 3.05) is 32.1 Å². The fourth-order valence-corrected chi connectivity index (χ4v) is 4.97. The van der Waals surface area contributed by atoms with E-state index in [1.165, 1.54) is 5.57 Å². The zero-order chi connectivity index (χ0) is 24.2. The van der Waals surface area contributed by atoms with Crippen LogP contribution in [0.5, 0.6) is 0 Å². The number of carbonyl (C=O) groups is 1. The van der Waals surface area contributed by atoms with Crippen molar-refractivity contribution in [3.8, 4) is 0 Å². The average Bonchev–Trinajstić information content (AvgIpc) is 3.17. The molecule has 1 fully saturated rings. The van der Waals surface area contributed by atoms with Crippen molar-refractivity contribution in [3.05, 3.63) is 107 Å². The van der Waals surface area contributed by atoms with E-state index in [-0.39, 0.29) is 12.1 Å². The van der Waals surface area contributed by atoms with Crippen molar-refractivity contribution in [2.45, 2.75) is 25.5 Å². The Balaban J connectivity index is 1.36. The van der Waals surface area contributed by atoms with Crippen LogP contribution < -0.4 is 10.2 Å². The molecule has 2 aliphatic heterocycles. The van der Waals surface area contributed by atoms with Crippen LogP contribution in [0, 0.1) is 5.92 Å². The topological polar surface area (TPSA) is 44.8 Å². The van der Waals surface area contributed by atoms with Gasteiger partial charge in [0.2, 0.25) is 0 Å². The molecule has 0 radical (unpaired) electrons. The molecule has 1 amide bonds. The van der Waals surface area contributed by atoms with Gasteiger partial charge in [0.25, 0.3) is 5.91 Å². The summed E-state index contributed by atoms with van der Waals surface area (Å²) in [6.45, 7) is 1.50. The molecule has 1 N–H and O–H groups in total. The molecule has 0 spiro atoms. The van der Waals surface area contributed by atoms with E-state index >= 15 is 0 Å². The Bertz CT molecular complexity index is 1170. The third kappa shape index (κ3) is 5.04. The summed E-state index contributed by atoms with van der Waals surface area (Å²) in [6, 6.07) is 18.2. The minimum absolute atomic E-state index is 0.0169. The summed E-state index contributed by atoms with van der Waals surface area (Å²) in [5.41, 5.74) is 5.02. The molecule has 0 bridgehead atoms. The van der Waals surface area contributed by atoms with E-state index in [4.69, 9.17) is 4.74 Å². The van der Waals surface area contributed by atoms with Gasteiger partial charge in [-0.3, -0.25) is 4.79 Å². The quantitative estimate of drug-likeness (QED) is 0.638. The Hall–Kier alpha value is -3.73. The number of rotatable bonds is 5. The Morgan fingerprint density at radius 3 is 2.43 bits per heavy atom. The lowest BCUT2D eigenvalue weighted by Crippen LogP contribution is -2.41. The largest absolute Gasteiger partial charge is 0.463 e. The van der Waals surface area contributed by atoms with Crippen molar-refractivity contribution < 1.29 is 9.53 Å². The first-order valence-electron chi connectivity index (χ1n) is 12.4. The summed E-state index contributed by atoms with van der Waals surface area (Å²) < 4.78 is 6.37. The third-order valence-electron chi connectivity index (χ3n) is 7.03. The van der Waals surface area contributed by atoms with Crippen LogP contribution in [0.15, 0.2) is 96.2 Å². The number of piperidine rings is 1. The van der Waals surface area contributed by atoms with Crippen LogP contribution >= 0.6 is 0 Å². The number of hydrogen-bond acceptors (Lipinski definition) is 4. The first-order chi connectivity index (χ1) is 17.1. The highest BCUT2D eigenvalue weighted by molar-refractivity contribution is 6.00. The standard InChI is InChI=1S/C30H33N3O2/c1-32(2)26-16-14-24(15-17-26)28-27(31-29(35-28)25-12-8-5-9-13-25)30(34)33-20-18-23(19-21-33)22-10-6-3-4-7-11-22/h3-10,12-17,23,29,31H,11,18-21H2,1-2H3. The van der Waals surface area contributed by atoms with Gasteiger partial charge in [0, 0.05) is 44.0 Å². The first kappa shape index (κ1) is 23.0. The predicted molar refractivity (Wildman–Crippen MR) is 141 cm³/mol. The number of hydrogen-bond donors (Lipinski definition) is 1. The number of nitrogens with zero attached hydrogens (tertiary/aromatic N) is 2. The van der Waals surface area contributed by atoms with E-state index in [2.05, 4.69) is 52.7 Å². The molecule has 1 unspecified atom stereocenters. The van der Waals surface area contributed by atoms with Gasteiger partial charge in [-0.1, -0.05) is 66.3 Å². The van der Waals surface area contributed by atoms with Crippen LogP contribution in [0.2, 0.25) is 0 Å². The second kappa shape index (κ2) is 10.3. The average molecular weight is 468 g/mol. The molecule has 1 aliphatic carbocycles. The minimum Gasteiger partial charge on any atom is -0.463 e. The van der Waals surface area contributed by atoms with Gasteiger partial charge in [0.05, 0.1) is 0 Å². The molecule has 5 rings (SSSR count). The van der Waals surface area contributed by atoms with Crippen LogP contribution in [0.4, 0.5) is 5.69 Å². The van der Waals surface area contributed by atoms with Crippen molar-refractivity contribution in [1.29, 1.82) is 0 Å². The molecular formula is C30H33N3O2. The number of carbonyl (C=O) groups excluding carboxylic acids is 1. The van der Waals surface area contributed by atoms with E-state index in [9.17, 15) is 4.79 Å². The predicted octanol–water partition coefficient (Wildman–Crippen LogP) is 5.42. The van der Waals surface area contributed by atoms with Gasteiger partial charge >= 0.3 is 0 Å². The van der Waals surface area contributed by atoms with Gasteiger partial charge in [-0.25, -0.2) is 0 Å². The Morgan fingerprint density at radius 1 is 0.971 bits per heavy atom. The minimum atomic E-state index is -0.383. The van der Waals surface area contributed by atoms with Gasteiger partial charge in [-0.15, -0.1) is 0 Å². The molecule has 5 nitrogen and oxygen atoms in total. The van der Waals surface area contributed by atoms with Gasteiger partial charge in [-0.05, 0) is 49.4 Å². The monoisotopic (exact) mass is 467 g/mol. The molecule has 0 aromatic heterocycles. The number of anilines is 1.